The van der Waals surface area contributed by atoms with Crippen molar-refractivity contribution in [2.24, 2.45) is 0 Å². The Bertz CT molecular complexity index is 822. The van der Waals surface area contributed by atoms with Crippen LogP contribution in [0, 0.1) is 5.82 Å². The summed E-state index contributed by atoms with van der Waals surface area (Å²) in [5, 5.41) is -0.159. The normalized spacial score (nSPS) is 11.6. The first kappa shape index (κ1) is 17.6. The van der Waals surface area contributed by atoms with Crippen LogP contribution in [-0.2, 0) is 10.0 Å². The number of sulfonamides is 1. The second-order valence-electron chi connectivity index (χ2n) is 5.30. The van der Waals surface area contributed by atoms with Crippen LogP contribution in [0.15, 0.2) is 41.3 Å². The molecule has 0 radical (unpaired) electrons. The Kier molecular flexibility index (Phi) is 5.16. The molecule has 0 fully saturated rings. The van der Waals surface area contributed by atoms with Gasteiger partial charge in [0.1, 0.15) is 16.5 Å². The summed E-state index contributed by atoms with van der Waals surface area (Å²) in [6.07, 6.45) is 0. The molecule has 2 aromatic carbocycles. The SMILES string of the molecule is COc1ccc(C(C)C)cc1S(=O)(=O)Nc1ccc(F)c(Cl)c1. The first-order chi connectivity index (χ1) is 10.7. The van der Waals surface area contributed by atoms with Crippen LogP contribution in [0.1, 0.15) is 25.3 Å². The smallest absolute Gasteiger partial charge is 0.265 e. The number of ether oxygens (including phenoxy) is 1. The van der Waals surface area contributed by atoms with E-state index in [0.29, 0.717) is 0 Å². The van der Waals surface area contributed by atoms with Gasteiger partial charge in [0.15, 0.2) is 0 Å². The predicted octanol–water partition coefficient (Wildman–Crippen LogP) is 4.41. The minimum absolute atomic E-state index is 0.0200. The van der Waals surface area contributed by atoms with Crippen molar-refractivity contribution in [1.82, 2.24) is 0 Å². The second kappa shape index (κ2) is 6.76. The Morgan fingerprint density at radius 2 is 1.87 bits per heavy atom. The van der Waals surface area contributed by atoms with Crippen LogP contribution in [0.5, 0.6) is 5.75 Å². The van der Waals surface area contributed by atoms with Gasteiger partial charge in [-0.1, -0.05) is 31.5 Å². The maximum Gasteiger partial charge on any atom is 0.265 e. The van der Waals surface area contributed by atoms with Crippen molar-refractivity contribution in [3.05, 3.63) is 52.8 Å². The molecule has 0 amide bonds. The third-order valence-corrected chi connectivity index (χ3v) is 5.01. The average molecular weight is 358 g/mol. The lowest BCUT2D eigenvalue weighted by atomic mass is 10.0. The van der Waals surface area contributed by atoms with Gasteiger partial charge in [-0.05, 0) is 41.8 Å². The molecule has 0 aromatic heterocycles. The Hall–Kier alpha value is -1.79. The molecular formula is C16H17ClFNO3S. The summed E-state index contributed by atoms with van der Waals surface area (Å²) in [5.74, 6) is -0.223. The molecule has 0 aliphatic heterocycles. The van der Waals surface area contributed by atoms with Crippen LogP contribution < -0.4 is 9.46 Å². The highest BCUT2D eigenvalue weighted by molar-refractivity contribution is 7.92. The molecule has 0 atom stereocenters. The molecule has 0 heterocycles. The van der Waals surface area contributed by atoms with E-state index in [4.69, 9.17) is 16.3 Å². The molecule has 0 bridgehead atoms. The van der Waals surface area contributed by atoms with Crippen LogP contribution >= 0.6 is 11.6 Å². The van der Waals surface area contributed by atoms with Crippen LogP contribution in [0.2, 0.25) is 5.02 Å². The lowest BCUT2D eigenvalue weighted by Gasteiger charge is -2.14. The highest BCUT2D eigenvalue weighted by Crippen LogP contribution is 2.30. The van der Waals surface area contributed by atoms with Gasteiger partial charge >= 0.3 is 0 Å². The molecule has 7 heteroatoms. The van der Waals surface area contributed by atoms with Crippen LogP contribution in [0.3, 0.4) is 0 Å². The number of hydrogen-bond acceptors (Lipinski definition) is 3. The Labute approximate surface area is 140 Å². The van der Waals surface area contributed by atoms with E-state index < -0.39 is 15.8 Å². The van der Waals surface area contributed by atoms with Gasteiger partial charge in [-0.3, -0.25) is 4.72 Å². The Morgan fingerprint density at radius 1 is 1.17 bits per heavy atom. The third-order valence-electron chi connectivity index (χ3n) is 3.32. The molecule has 0 saturated heterocycles. The van der Waals surface area contributed by atoms with Gasteiger partial charge in [-0.25, -0.2) is 12.8 Å². The lowest BCUT2D eigenvalue weighted by molar-refractivity contribution is 0.402. The third kappa shape index (κ3) is 3.95. The minimum Gasteiger partial charge on any atom is -0.495 e. The van der Waals surface area contributed by atoms with Crippen molar-refractivity contribution in [2.75, 3.05) is 11.8 Å². The van der Waals surface area contributed by atoms with Crippen molar-refractivity contribution in [3.63, 3.8) is 0 Å². The number of benzene rings is 2. The maximum absolute atomic E-state index is 13.2. The first-order valence-electron chi connectivity index (χ1n) is 6.90. The lowest BCUT2D eigenvalue weighted by Crippen LogP contribution is -2.14. The predicted molar refractivity (Wildman–Crippen MR) is 89.3 cm³/mol. The van der Waals surface area contributed by atoms with Crippen LogP contribution in [0.4, 0.5) is 10.1 Å². The Morgan fingerprint density at radius 3 is 2.43 bits per heavy atom. The van der Waals surface area contributed by atoms with Gasteiger partial charge in [0.25, 0.3) is 10.0 Å². The molecule has 0 saturated carbocycles. The van der Waals surface area contributed by atoms with Gasteiger partial charge in [0.05, 0.1) is 17.8 Å². The number of halogens is 2. The van der Waals surface area contributed by atoms with Gasteiger partial charge in [-0.15, -0.1) is 0 Å². The maximum atomic E-state index is 13.2. The minimum atomic E-state index is -3.90. The van der Waals surface area contributed by atoms with Crippen LogP contribution in [-0.4, -0.2) is 15.5 Å². The molecule has 1 N–H and O–H groups in total. The summed E-state index contributed by atoms with van der Waals surface area (Å²) in [6, 6.07) is 8.61. The largest absolute Gasteiger partial charge is 0.495 e. The number of anilines is 1. The number of nitrogens with one attached hydrogen (secondary N) is 1. The quantitative estimate of drug-likeness (QED) is 0.862. The zero-order chi connectivity index (χ0) is 17.2. The molecule has 0 aliphatic carbocycles. The molecular weight excluding hydrogens is 341 g/mol. The molecule has 0 aliphatic rings. The zero-order valence-corrected chi connectivity index (χ0v) is 14.5. The van der Waals surface area contributed by atoms with Crippen molar-refractivity contribution in [3.8, 4) is 5.75 Å². The summed E-state index contributed by atoms with van der Waals surface area (Å²) in [7, 11) is -2.50. The van der Waals surface area contributed by atoms with E-state index in [0.717, 1.165) is 11.6 Å². The standard InChI is InChI=1S/C16H17ClFNO3S/c1-10(2)11-4-7-15(22-3)16(8-11)23(20,21)19-12-5-6-14(18)13(17)9-12/h4-10,19H,1-3H3. The van der Waals surface area contributed by atoms with Crippen molar-refractivity contribution in [2.45, 2.75) is 24.7 Å². The van der Waals surface area contributed by atoms with E-state index in [1.165, 1.54) is 19.2 Å². The topological polar surface area (TPSA) is 55.4 Å². The van der Waals surface area contributed by atoms with E-state index in [9.17, 15) is 12.8 Å². The van der Waals surface area contributed by atoms with Gasteiger partial charge in [0, 0.05) is 0 Å². The molecule has 2 aromatic rings. The molecule has 23 heavy (non-hydrogen) atoms. The highest BCUT2D eigenvalue weighted by atomic mass is 35.5. The highest BCUT2D eigenvalue weighted by Gasteiger charge is 2.21. The molecule has 2 rings (SSSR count). The van der Waals surface area contributed by atoms with E-state index in [2.05, 4.69) is 4.72 Å². The number of rotatable bonds is 5. The van der Waals surface area contributed by atoms with Gasteiger partial charge in [-0.2, -0.15) is 0 Å². The molecule has 4 nitrogen and oxygen atoms in total. The van der Waals surface area contributed by atoms with E-state index >= 15 is 0 Å². The summed E-state index contributed by atoms with van der Waals surface area (Å²) in [4.78, 5) is 0.0200. The summed E-state index contributed by atoms with van der Waals surface area (Å²) < 4.78 is 46.0. The number of methoxy groups -OCH3 is 1. The van der Waals surface area contributed by atoms with Crippen molar-refractivity contribution in [1.29, 1.82) is 0 Å². The van der Waals surface area contributed by atoms with E-state index in [1.54, 1.807) is 12.1 Å². The van der Waals surface area contributed by atoms with Crippen molar-refractivity contribution < 1.29 is 17.5 Å². The van der Waals surface area contributed by atoms with E-state index in [1.807, 2.05) is 19.9 Å². The summed E-state index contributed by atoms with van der Waals surface area (Å²) in [5.41, 5.74) is 1.04. The number of hydrogen-bond donors (Lipinski definition) is 1. The average Bonchev–Trinajstić information content (AvgIpc) is 2.50. The zero-order valence-electron chi connectivity index (χ0n) is 12.9. The fraction of sp³-hybridized carbons (Fsp3) is 0.250. The second-order valence-corrected chi connectivity index (χ2v) is 7.36. The monoisotopic (exact) mass is 357 g/mol. The van der Waals surface area contributed by atoms with Crippen molar-refractivity contribution >= 4 is 27.3 Å². The fourth-order valence-corrected chi connectivity index (χ4v) is 3.47. The molecule has 0 spiro atoms. The van der Waals surface area contributed by atoms with Crippen LogP contribution in [0.25, 0.3) is 0 Å². The molecule has 0 unspecified atom stereocenters. The van der Waals surface area contributed by atoms with Gasteiger partial charge < -0.3 is 4.74 Å². The summed E-state index contributed by atoms with van der Waals surface area (Å²) >= 11 is 5.68. The molecule has 124 valence electrons. The van der Waals surface area contributed by atoms with E-state index in [-0.39, 0.29) is 27.3 Å². The van der Waals surface area contributed by atoms with Gasteiger partial charge in [0.2, 0.25) is 0 Å². The summed E-state index contributed by atoms with van der Waals surface area (Å²) in [6.45, 7) is 3.93. The Balaban J connectivity index is 2.45. The first-order valence-corrected chi connectivity index (χ1v) is 8.76. The fourth-order valence-electron chi connectivity index (χ4n) is 2.03.